The molecule has 128 valence electrons. The van der Waals surface area contributed by atoms with Gasteiger partial charge in [-0.05, 0) is 44.9 Å². The number of hydrogen-bond donors (Lipinski definition) is 0. The highest BCUT2D eigenvalue weighted by Gasteiger charge is 2.19. The zero-order valence-electron chi connectivity index (χ0n) is 14.5. The molecule has 0 atom stereocenters. The van der Waals surface area contributed by atoms with Gasteiger partial charge in [-0.25, -0.2) is 0 Å². The van der Waals surface area contributed by atoms with E-state index in [2.05, 4.69) is 6.92 Å². The molecular weight excluding hydrogens is 294 g/mol. The van der Waals surface area contributed by atoms with Crippen LogP contribution in [0, 0.1) is 0 Å². The van der Waals surface area contributed by atoms with Gasteiger partial charge in [-0.1, -0.05) is 19.1 Å². The smallest absolute Gasteiger partial charge is 0.307 e. The summed E-state index contributed by atoms with van der Waals surface area (Å²) in [5.41, 5.74) is 1.16. The Labute approximate surface area is 138 Å². The number of hydrogen-bond acceptors (Lipinski definition) is 4. The van der Waals surface area contributed by atoms with E-state index in [4.69, 9.17) is 9.47 Å². The van der Waals surface area contributed by atoms with Gasteiger partial charge in [0.15, 0.2) is 6.61 Å². The van der Waals surface area contributed by atoms with Gasteiger partial charge >= 0.3 is 5.97 Å². The van der Waals surface area contributed by atoms with Crippen LogP contribution in [0.4, 0.5) is 0 Å². The Morgan fingerprint density at radius 2 is 1.96 bits per heavy atom. The van der Waals surface area contributed by atoms with Crippen LogP contribution in [0.3, 0.4) is 0 Å². The predicted octanol–water partition coefficient (Wildman–Crippen LogP) is 2.82. The van der Waals surface area contributed by atoms with Crippen molar-refractivity contribution < 1.29 is 19.1 Å². The van der Waals surface area contributed by atoms with E-state index >= 15 is 0 Å². The summed E-state index contributed by atoms with van der Waals surface area (Å²) < 4.78 is 10.5. The number of benzene rings is 1. The minimum absolute atomic E-state index is 0.00232. The Morgan fingerprint density at radius 3 is 2.57 bits per heavy atom. The van der Waals surface area contributed by atoms with Gasteiger partial charge < -0.3 is 14.4 Å². The molecule has 0 spiro atoms. The second-order valence-corrected chi connectivity index (χ2v) is 5.53. The van der Waals surface area contributed by atoms with Crippen molar-refractivity contribution in [1.29, 1.82) is 0 Å². The average molecular weight is 321 g/mol. The van der Waals surface area contributed by atoms with E-state index in [1.54, 1.807) is 11.8 Å². The number of ether oxygens (including phenoxy) is 2. The molecule has 23 heavy (non-hydrogen) atoms. The van der Waals surface area contributed by atoms with Gasteiger partial charge in [0.25, 0.3) is 5.91 Å². The zero-order valence-corrected chi connectivity index (χ0v) is 14.5. The molecule has 0 saturated heterocycles. The molecule has 1 rings (SSSR count). The molecule has 0 aromatic heterocycles. The minimum atomic E-state index is -0.289. The molecule has 1 aromatic rings. The van der Waals surface area contributed by atoms with Crippen molar-refractivity contribution in [2.45, 2.75) is 46.6 Å². The SMILES string of the molecule is CCOC(=O)CCN(C(=O)COc1cccc(CC)c1)C(C)C. The maximum atomic E-state index is 12.3. The molecule has 5 nitrogen and oxygen atoms in total. The normalized spacial score (nSPS) is 10.5. The maximum Gasteiger partial charge on any atom is 0.307 e. The highest BCUT2D eigenvalue weighted by molar-refractivity contribution is 5.79. The highest BCUT2D eigenvalue weighted by Crippen LogP contribution is 2.14. The lowest BCUT2D eigenvalue weighted by Gasteiger charge is -2.26. The molecule has 0 saturated carbocycles. The fourth-order valence-corrected chi connectivity index (χ4v) is 2.20. The summed E-state index contributed by atoms with van der Waals surface area (Å²) in [6.07, 6.45) is 1.12. The minimum Gasteiger partial charge on any atom is -0.484 e. The molecule has 0 aliphatic heterocycles. The molecule has 0 unspecified atom stereocenters. The highest BCUT2D eigenvalue weighted by atomic mass is 16.5. The summed E-state index contributed by atoms with van der Waals surface area (Å²) in [6.45, 7) is 8.33. The van der Waals surface area contributed by atoms with E-state index in [0.717, 1.165) is 12.0 Å². The van der Waals surface area contributed by atoms with Crippen molar-refractivity contribution in [3.8, 4) is 5.75 Å². The van der Waals surface area contributed by atoms with Gasteiger partial charge in [0.1, 0.15) is 5.75 Å². The molecular formula is C18H27NO4. The number of esters is 1. The number of nitrogens with zero attached hydrogens (tertiary/aromatic N) is 1. The Balaban J connectivity index is 2.55. The standard InChI is InChI=1S/C18H27NO4/c1-5-15-8-7-9-16(12-15)23-13-17(20)19(14(3)4)11-10-18(21)22-6-2/h7-9,12,14H,5-6,10-11,13H2,1-4H3. The fraction of sp³-hybridized carbons (Fsp3) is 0.556. The predicted molar refractivity (Wildman–Crippen MR) is 89.4 cm³/mol. The van der Waals surface area contributed by atoms with Crippen LogP contribution in [0.5, 0.6) is 5.75 Å². The molecule has 1 amide bonds. The fourth-order valence-electron chi connectivity index (χ4n) is 2.20. The first-order valence-corrected chi connectivity index (χ1v) is 8.14. The van der Waals surface area contributed by atoms with Crippen molar-refractivity contribution in [2.75, 3.05) is 19.8 Å². The Morgan fingerprint density at radius 1 is 1.22 bits per heavy atom. The van der Waals surface area contributed by atoms with E-state index in [-0.39, 0.29) is 30.9 Å². The summed E-state index contributed by atoms with van der Waals surface area (Å²) in [5, 5.41) is 0. The monoisotopic (exact) mass is 321 g/mol. The zero-order chi connectivity index (χ0) is 17.2. The van der Waals surface area contributed by atoms with Gasteiger partial charge in [-0.3, -0.25) is 9.59 Å². The number of rotatable bonds is 9. The van der Waals surface area contributed by atoms with E-state index in [1.807, 2.05) is 38.1 Å². The first-order valence-electron chi connectivity index (χ1n) is 8.14. The summed E-state index contributed by atoms with van der Waals surface area (Å²) >= 11 is 0. The lowest BCUT2D eigenvalue weighted by Crippen LogP contribution is -2.41. The summed E-state index contributed by atoms with van der Waals surface area (Å²) in [4.78, 5) is 25.4. The van der Waals surface area contributed by atoms with Crippen LogP contribution < -0.4 is 4.74 Å². The van der Waals surface area contributed by atoms with Crippen molar-refractivity contribution in [2.24, 2.45) is 0 Å². The third-order valence-corrected chi connectivity index (χ3v) is 3.47. The lowest BCUT2D eigenvalue weighted by molar-refractivity contribution is -0.144. The van der Waals surface area contributed by atoms with Gasteiger partial charge in [0.05, 0.1) is 13.0 Å². The number of carbonyl (C=O) groups is 2. The first kappa shape index (κ1) is 19.0. The molecule has 0 fully saturated rings. The van der Waals surface area contributed by atoms with Crippen molar-refractivity contribution >= 4 is 11.9 Å². The molecule has 0 heterocycles. The molecule has 0 aliphatic carbocycles. The Bertz CT molecular complexity index is 513. The molecule has 5 heteroatoms. The van der Waals surface area contributed by atoms with Crippen LogP contribution in [0.25, 0.3) is 0 Å². The van der Waals surface area contributed by atoms with Gasteiger partial charge in [-0.2, -0.15) is 0 Å². The van der Waals surface area contributed by atoms with Crippen LogP contribution in [0.15, 0.2) is 24.3 Å². The van der Waals surface area contributed by atoms with Gasteiger partial charge in [-0.15, -0.1) is 0 Å². The molecule has 0 bridgehead atoms. The van der Waals surface area contributed by atoms with E-state index in [0.29, 0.717) is 18.9 Å². The van der Waals surface area contributed by atoms with Gasteiger partial charge in [0.2, 0.25) is 0 Å². The van der Waals surface area contributed by atoms with Crippen LogP contribution in [-0.4, -0.2) is 42.6 Å². The largest absolute Gasteiger partial charge is 0.484 e. The number of aryl methyl sites for hydroxylation is 1. The average Bonchev–Trinajstić information content (AvgIpc) is 2.53. The summed E-state index contributed by atoms with van der Waals surface area (Å²) in [6, 6.07) is 7.72. The van der Waals surface area contributed by atoms with Crippen LogP contribution in [0.1, 0.15) is 39.7 Å². The maximum absolute atomic E-state index is 12.3. The first-order chi connectivity index (χ1) is 11.0. The topological polar surface area (TPSA) is 55.8 Å². The molecule has 1 aromatic carbocycles. The third-order valence-electron chi connectivity index (χ3n) is 3.47. The van der Waals surface area contributed by atoms with Crippen LogP contribution in [-0.2, 0) is 20.7 Å². The molecule has 0 radical (unpaired) electrons. The van der Waals surface area contributed by atoms with E-state index < -0.39 is 0 Å². The summed E-state index contributed by atoms with van der Waals surface area (Å²) in [7, 11) is 0. The van der Waals surface area contributed by atoms with Crippen molar-refractivity contribution in [1.82, 2.24) is 4.90 Å². The number of amides is 1. The van der Waals surface area contributed by atoms with Crippen molar-refractivity contribution in [3.63, 3.8) is 0 Å². The van der Waals surface area contributed by atoms with E-state index in [9.17, 15) is 9.59 Å². The Kier molecular flexibility index (Phi) is 8.16. The lowest BCUT2D eigenvalue weighted by atomic mass is 10.2. The summed E-state index contributed by atoms with van der Waals surface area (Å²) in [5.74, 6) is 0.264. The Hall–Kier alpha value is -2.04. The van der Waals surface area contributed by atoms with E-state index in [1.165, 1.54) is 0 Å². The second kappa shape index (κ2) is 9.87. The van der Waals surface area contributed by atoms with Gasteiger partial charge in [0, 0.05) is 12.6 Å². The molecule has 0 aliphatic rings. The van der Waals surface area contributed by atoms with Crippen molar-refractivity contribution in [3.05, 3.63) is 29.8 Å². The third kappa shape index (κ3) is 6.72. The molecule has 0 N–H and O–H groups in total. The van der Waals surface area contributed by atoms with Crippen LogP contribution in [0.2, 0.25) is 0 Å². The second-order valence-electron chi connectivity index (χ2n) is 5.53. The quantitative estimate of drug-likeness (QED) is 0.656. The van der Waals surface area contributed by atoms with Crippen LogP contribution >= 0.6 is 0 Å². The number of carbonyl (C=O) groups excluding carboxylic acids is 2.